The molecular formula is C20H15Cl2FN4O2. The Hall–Kier alpha value is -2.90. The number of aromatic nitrogens is 3. The summed E-state index contributed by atoms with van der Waals surface area (Å²) in [6.07, 6.45) is 2.70. The molecule has 0 fully saturated rings. The van der Waals surface area contributed by atoms with E-state index in [9.17, 15) is 9.18 Å². The highest BCUT2D eigenvalue weighted by atomic mass is 35.5. The third kappa shape index (κ3) is 4.41. The Morgan fingerprint density at radius 1 is 1.21 bits per heavy atom. The normalized spacial score (nSPS) is 11.1. The number of fused-ring (bicyclic) bond motifs is 1. The number of amides is 1. The highest BCUT2D eigenvalue weighted by Crippen LogP contribution is 2.22. The SMILES string of the molecule is O=C(NCCc1c[nH]c2ccc(Cl)cc12)c1noc(Cc2ccc(Cl)c(F)c2)n1. The summed E-state index contributed by atoms with van der Waals surface area (Å²) in [5.41, 5.74) is 2.64. The smallest absolute Gasteiger partial charge is 0.292 e. The number of carbonyl (C=O) groups excluding carboxylic acids is 1. The zero-order valence-corrected chi connectivity index (χ0v) is 16.5. The minimum absolute atomic E-state index is 0.0387. The minimum Gasteiger partial charge on any atom is -0.361 e. The number of nitrogens with one attached hydrogen (secondary N) is 2. The van der Waals surface area contributed by atoms with Crippen LogP contribution in [0.2, 0.25) is 10.0 Å². The van der Waals surface area contributed by atoms with Crippen LogP contribution in [0.1, 0.15) is 27.6 Å². The van der Waals surface area contributed by atoms with Gasteiger partial charge in [-0.1, -0.05) is 34.4 Å². The Morgan fingerprint density at radius 2 is 2.07 bits per heavy atom. The van der Waals surface area contributed by atoms with Crippen molar-refractivity contribution < 1.29 is 13.7 Å². The summed E-state index contributed by atoms with van der Waals surface area (Å²) in [4.78, 5) is 19.5. The fourth-order valence-corrected chi connectivity index (χ4v) is 3.28. The lowest BCUT2D eigenvalue weighted by molar-refractivity contribution is 0.0941. The number of benzene rings is 2. The second kappa shape index (κ2) is 8.23. The van der Waals surface area contributed by atoms with Crippen LogP contribution < -0.4 is 5.32 Å². The molecule has 1 amide bonds. The topological polar surface area (TPSA) is 83.8 Å². The van der Waals surface area contributed by atoms with E-state index in [4.69, 9.17) is 27.7 Å². The molecule has 2 heterocycles. The van der Waals surface area contributed by atoms with Gasteiger partial charge in [-0.3, -0.25) is 4.79 Å². The van der Waals surface area contributed by atoms with Crippen LogP contribution in [0, 0.1) is 5.82 Å². The molecule has 0 aliphatic rings. The Kier molecular flexibility index (Phi) is 5.51. The molecule has 0 bridgehead atoms. The van der Waals surface area contributed by atoms with Gasteiger partial charge in [0.1, 0.15) is 5.82 Å². The summed E-state index contributed by atoms with van der Waals surface area (Å²) in [6.45, 7) is 0.393. The number of aromatic amines is 1. The molecule has 0 unspecified atom stereocenters. The molecule has 0 saturated heterocycles. The van der Waals surface area contributed by atoms with Crippen LogP contribution in [-0.2, 0) is 12.8 Å². The van der Waals surface area contributed by atoms with Crippen molar-refractivity contribution in [3.8, 4) is 0 Å². The average molecular weight is 433 g/mol. The monoisotopic (exact) mass is 432 g/mol. The van der Waals surface area contributed by atoms with Gasteiger partial charge in [-0.05, 0) is 47.9 Å². The Bertz CT molecular complexity index is 1190. The van der Waals surface area contributed by atoms with Crippen molar-refractivity contribution in [2.45, 2.75) is 12.8 Å². The molecule has 2 aromatic carbocycles. The molecule has 6 nitrogen and oxygen atoms in total. The molecule has 29 heavy (non-hydrogen) atoms. The van der Waals surface area contributed by atoms with Gasteiger partial charge >= 0.3 is 0 Å². The van der Waals surface area contributed by atoms with Gasteiger partial charge in [0.15, 0.2) is 0 Å². The van der Waals surface area contributed by atoms with Crippen molar-refractivity contribution in [2.24, 2.45) is 0 Å². The third-order valence-corrected chi connectivity index (χ3v) is 4.96. The lowest BCUT2D eigenvalue weighted by Gasteiger charge is -2.02. The van der Waals surface area contributed by atoms with E-state index in [0.29, 0.717) is 23.6 Å². The molecule has 4 rings (SSSR count). The van der Waals surface area contributed by atoms with E-state index in [-0.39, 0.29) is 23.2 Å². The predicted octanol–water partition coefficient (Wildman–Crippen LogP) is 4.56. The van der Waals surface area contributed by atoms with Crippen LogP contribution in [0.5, 0.6) is 0 Å². The first kappa shape index (κ1) is 19.4. The van der Waals surface area contributed by atoms with Gasteiger partial charge in [-0.2, -0.15) is 4.98 Å². The molecule has 0 spiro atoms. The number of hydrogen-bond acceptors (Lipinski definition) is 4. The summed E-state index contributed by atoms with van der Waals surface area (Å²) in [5, 5.41) is 8.16. The fraction of sp³-hybridized carbons (Fsp3) is 0.150. The van der Waals surface area contributed by atoms with Gasteiger partial charge in [0.2, 0.25) is 5.89 Å². The van der Waals surface area contributed by atoms with Crippen molar-refractivity contribution in [1.82, 2.24) is 20.4 Å². The standard InChI is InChI=1S/C20H15Cl2FN4O2/c21-13-2-4-17-14(9-13)12(10-25-17)5-6-24-20(28)19-26-18(29-27-19)8-11-1-3-15(22)16(23)7-11/h1-4,7,9-10,25H,5-6,8H2,(H,24,28). The average Bonchev–Trinajstić information content (AvgIpc) is 3.32. The van der Waals surface area contributed by atoms with Crippen LogP contribution in [0.3, 0.4) is 0 Å². The van der Waals surface area contributed by atoms with E-state index in [1.165, 1.54) is 12.1 Å². The van der Waals surface area contributed by atoms with Gasteiger partial charge in [-0.25, -0.2) is 4.39 Å². The number of carbonyl (C=O) groups is 1. The van der Waals surface area contributed by atoms with E-state index in [1.54, 1.807) is 6.07 Å². The summed E-state index contributed by atoms with van der Waals surface area (Å²) in [7, 11) is 0. The second-order valence-corrected chi connectivity index (χ2v) is 7.29. The third-order valence-electron chi connectivity index (χ3n) is 4.42. The van der Waals surface area contributed by atoms with Gasteiger partial charge in [0, 0.05) is 28.7 Å². The molecule has 0 saturated carbocycles. The van der Waals surface area contributed by atoms with Gasteiger partial charge in [-0.15, -0.1) is 0 Å². The molecule has 2 aromatic heterocycles. The molecule has 148 valence electrons. The van der Waals surface area contributed by atoms with Crippen LogP contribution >= 0.6 is 23.2 Å². The van der Waals surface area contributed by atoms with E-state index in [1.807, 2.05) is 24.4 Å². The summed E-state index contributed by atoms with van der Waals surface area (Å²) in [5.74, 6) is -0.833. The van der Waals surface area contributed by atoms with E-state index in [2.05, 4.69) is 20.4 Å². The van der Waals surface area contributed by atoms with E-state index in [0.717, 1.165) is 16.5 Å². The van der Waals surface area contributed by atoms with Gasteiger partial charge in [0.25, 0.3) is 11.7 Å². The highest BCUT2D eigenvalue weighted by molar-refractivity contribution is 6.31. The molecule has 0 atom stereocenters. The Balaban J connectivity index is 1.35. The first-order valence-corrected chi connectivity index (χ1v) is 9.55. The second-order valence-electron chi connectivity index (χ2n) is 6.45. The number of hydrogen-bond donors (Lipinski definition) is 2. The lowest BCUT2D eigenvalue weighted by Crippen LogP contribution is -2.26. The maximum atomic E-state index is 13.5. The van der Waals surface area contributed by atoms with Gasteiger partial charge in [0.05, 0.1) is 11.4 Å². The van der Waals surface area contributed by atoms with Crippen LogP contribution in [0.4, 0.5) is 4.39 Å². The highest BCUT2D eigenvalue weighted by Gasteiger charge is 2.15. The predicted molar refractivity (Wildman–Crippen MR) is 108 cm³/mol. The number of H-pyrrole nitrogens is 1. The van der Waals surface area contributed by atoms with Gasteiger partial charge < -0.3 is 14.8 Å². The van der Waals surface area contributed by atoms with Crippen molar-refractivity contribution in [3.63, 3.8) is 0 Å². The van der Waals surface area contributed by atoms with Crippen LogP contribution in [0.15, 0.2) is 47.1 Å². The number of rotatable bonds is 6. The first-order chi connectivity index (χ1) is 14.0. The fourth-order valence-electron chi connectivity index (χ4n) is 2.99. The van der Waals surface area contributed by atoms with Crippen LogP contribution in [-0.4, -0.2) is 27.6 Å². The Labute approximate surface area is 175 Å². The number of halogens is 3. The molecular weight excluding hydrogens is 418 g/mol. The lowest BCUT2D eigenvalue weighted by atomic mass is 10.1. The molecule has 0 aliphatic carbocycles. The molecule has 4 aromatic rings. The summed E-state index contributed by atoms with van der Waals surface area (Å²) in [6, 6.07) is 10.0. The largest absolute Gasteiger partial charge is 0.361 e. The molecule has 2 N–H and O–H groups in total. The molecule has 0 radical (unpaired) electrons. The Morgan fingerprint density at radius 3 is 2.90 bits per heavy atom. The molecule has 9 heteroatoms. The summed E-state index contributed by atoms with van der Waals surface area (Å²) < 4.78 is 18.6. The van der Waals surface area contributed by atoms with Crippen molar-refractivity contribution in [1.29, 1.82) is 0 Å². The van der Waals surface area contributed by atoms with Crippen molar-refractivity contribution in [2.75, 3.05) is 6.54 Å². The van der Waals surface area contributed by atoms with Crippen LogP contribution in [0.25, 0.3) is 10.9 Å². The molecule has 0 aliphatic heterocycles. The quantitative estimate of drug-likeness (QED) is 0.467. The number of nitrogens with zero attached hydrogens (tertiary/aromatic N) is 2. The van der Waals surface area contributed by atoms with Crippen molar-refractivity contribution >= 4 is 40.0 Å². The van der Waals surface area contributed by atoms with E-state index >= 15 is 0 Å². The zero-order valence-electron chi connectivity index (χ0n) is 15.0. The maximum absolute atomic E-state index is 13.5. The van der Waals surface area contributed by atoms with Crippen molar-refractivity contribution in [3.05, 3.63) is 81.3 Å². The minimum atomic E-state index is -0.528. The zero-order chi connectivity index (χ0) is 20.4. The van der Waals surface area contributed by atoms with E-state index < -0.39 is 11.7 Å². The first-order valence-electron chi connectivity index (χ1n) is 8.80. The maximum Gasteiger partial charge on any atom is 0.292 e. The summed E-state index contributed by atoms with van der Waals surface area (Å²) >= 11 is 11.7.